The fourth-order valence-electron chi connectivity index (χ4n) is 6.12. The highest BCUT2D eigenvalue weighted by Crippen LogP contribution is 2.38. The third-order valence-electron chi connectivity index (χ3n) is 8.03. The maximum Gasteiger partial charge on any atom is 0.489 e. The lowest BCUT2D eigenvalue weighted by Crippen LogP contribution is -2.30. The molecule has 0 spiro atoms. The van der Waals surface area contributed by atoms with Crippen LogP contribution in [0.4, 0.5) is 0 Å². The van der Waals surface area contributed by atoms with Gasteiger partial charge in [0.2, 0.25) is 0 Å². The summed E-state index contributed by atoms with van der Waals surface area (Å²) in [6.07, 6.45) is 0. The van der Waals surface area contributed by atoms with Crippen LogP contribution in [0.2, 0.25) is 0 Å². The molecule has 0 radical (unpaired) electrons. The Morgan fingerprint density at radius 1 is 0.488 bits per heavy atom. The Balaban J connectivity index is 1.38. The number of fused-ring (bicyclic) bond motifs is 6. The molecule has 194 valence electrons. The SMILES string of the molecule is OB(O)c1cccc2oc3ccc(-c4ccc5c(c4)c4cc(-c6ccccc6)ccc4n5-c4ccccc4)cc3c12. The molecule has 6 aromatic carbocycles. The van der Waals surface area contributed by atoms with Gasteiger partial charge in [0.25, 0.3) is 0 Å². The standard InChI is InChI=1S/C36H24BNO3/c39-37(40)31-12-7-13-35-36(31)30-22-26(16-19-34(30)41-35)25-15-18-33-29(21-25)28-20-24(23-8-3-1-4-9-23)14-17-32(28)38(33)27-10-5-2-6-11-27/h1-22,39-40H. The minimum Gasteiger partial charge on any atom is -0.456 e. The predicted octanol–water partition coefficient (Wildman–Crippen LogP) is 7.70. The third-order valence-corrected chi connectivity index (χ3v) is 8.03. The molecule has 0 saturated heterocycles. The van der Waals surface area contributed by atoms with E-state index in [1.54, 1.807) is 12.1 Å². The van der Waals surface area contributed by atoms with Crippen molar-refractivity contribution in [2.24, 2.45) is 0 Å². The first-order valence-corrected chi connectivity index (χ1v) is 13.7. The summed E-state index contributed by atoms with van der Waals surface area (Å²) in [4.78, 5) is 0. The van der Waals surface area contributed by atoms with Gasteiger partial charge in [-0.15, -0.1) is 0 Å². The minimum absolute atomic E-state index is 0.438. The van der Waals surface area contributed by atoms with Crippen LogP contribution in [0.15, 0.2) is 138 Å². The van der Waals surface area contributed by atoms with Crippen LogP contribution in [0, 0.1) is 0 Å². The van der Waals surface area contributed by atoms with Gasteiger partial charge in [-0.25, -0.2) is 0 Å². The fraction of sp³-hybridized carbons (Fsp3) is 0. The smallest absolute Gasteiger partial charge is 0.456 e. The van der Waals surface area contributed by atoms with Crippen molar-refractivity contribution in [3.63, 3.8) is 0 Å². The number of benzene rings is 6. The van der Waals surface area contributed by atoms with Crippen LogP contribution in [0.1, 0.15) is 0 Å². The van der Waals surface area contributed by atoms with Crippen LogP contribution in [0.5, 0.6) is 0 Å². The molecule has 5 heteroatoms. The minimum atomic E-state index is -1.58. The van der Waals surface area contributed by atoms with Gasteiger partial charge in [0.05, 0.1) is 11.0 Å². The first kappa shape index (κ1) is 23.8. The van der Waals surface area contributed by atoms with Crippen LogP contribution in [0.3, 0.4) is 0 Å². The molecule has 4 nitrogen and oxygen atoms in total. The highest BCUT2D eigenvalue weighted by molar-refractivity contribution is 6.62. The Bertz CT molecular complexity index is 2230. The molecule has 0 fully saturated rings. The van der Waals surface area contributed by atoms with E-state index >= 15 is 0 Å². The summed E-state index contributed by atoms with van der Waals surface area (Å²) in [6.45, 7) is 0. The maximum absolute atomic E-state index is 10.0. The van der Waals surface area contributed by atoms with Gasteiger partial charge in [-0.2, -0.15) is 0 Å². The van der Waals surface area contributed by atoms with Crippen molar-refractivity contribution < 1.29 is 14.5 Å². The zero-order chi connectivity index (χ0) is 27.5. The second-order valence-electron chi connectivity index (χ2n) is 10.4. The van der Waals surface area contributed by atoms with Crippen LogP contribution < -0.4 is 5.46 Å². The van der Waals surface area contributed by atoms with Crippen molar-refractivity contribution in [3.05, 3.63) is 133 Å². The van der Waals surface area contributed by atoms with E-state index in [0.29, 0.717) is 16.6 Å². The van der Waals surface area contributed by atoms with Gasteiger partial charge in [-0.3, -0.25) is 0 Å². The molecule has 2 heterocycles. The zero-order valence-electron chi connectivity index (χ0n) is 22.0. The molecule has 0 unspecified atom stereocenters. The summed E-state index contributed by atoms with van der Waals surface area (Å²) in [5, 5.41) is 24.0. The van der Waals surface area contributed by atoms with Gasteiger partial charge in [0.15, 0.2) is 0 Å². The number of nitrogens with zero attached hydrogens (tertiary/aromatic N) is 1. The lowest BCUT2D eigenvalue weighted by molar-refractivity contribution is 0.426. The van der Waals surface area contributed by atoms with Gasteiger partial charge in [0.1, 0.15) is 11.2 Å². The predicted molar refractivity (Wildman–Crippen MR) is 169 cm³/mol. The van der Waals surface area contributed by atoms with Crippen LogP contribution in [0.25, 0.3) is 71.7 Å². The van der Waals surface area contributed by atoms with E-state index in [2.05, 4.69) is 102 Å². The average molecular weight is 529 g/mol. The molecule has 0 aliphatic rings. The molecule has 0 saturated carbocycles. The lowest BCUT2D eigenvalue weighted by atomic mass is 9.77. The Hall–Kier alpha value is -5.10. The number of rotatable bonds is 4. The van der Waals surface area contributed by atoms with Crippen molar-refractivity contribution in [3.8, 4) is 27.9 Å². The van der Waals surface area contributed by atoms with Gasteiger partial charge in [-0.1, -0.05) is 78.9 Å². The molecule has 8 aromatic rings. The molecule has 8 rings (SSSR count). The fourth-order valence-corrected chi connectivity index (χ4v) is 6.12. The summed E-state index contributed by atoms with van der Waals surface area (Å²) < 4.78 is 8.37. The first-order chi connectivity index (χ1) is 20.2. The molecule has 0 aliphatic carbocycles. The molecule has 0 bridgehead atoms. The first-order valence-electron chi connectivity index (χ1n) is 13.7. The summed E-state index contributed by atoms with van der Waals surface area (Å²) in [5.74, 6) is 0. The monoisotopic (exact) mass is 529 g/mol. The molecule has 0 amide bonds. The molecule has 0 atom stereocenters. The quantitative estimate of drug-likeness (QED) is 0.230. The van der Waals surface area contributed by atoms with Gasteiger partial charge < -0.3 is 19.0 Å². The summed E-state index contributed by atoms with van der Waals surface area (Å²) in [6, 6.07) is 45.7. The summed E-state index contributed by atoms with van der Waals surface area (Å²) >= 11 is 0. The highest BCUT2D eigenvalue weighted by atomic mass is 16.4. The summed E-state index contributed by atoms with van der Waals surface area (Å²) in [5.41, 5.74) is 9.67. The van der Waals surface area contributed by atoms with Gasteiger partial charge in [-0.05, 0) is 82.3 Å². The lowest BCUT2D eigenvalue weighted by Gasteiger charge is -2.08. The van der Waals surface area contributed by atoms with E-state index in [4.69, 9.17) is 4.42 Å². The van der Waals surface area contributed by atoms with Gasteiger partial charge >= 0.3 is 7.12 Å². The van der Waals surface area contributed by atoms with Crippen molar-refractivity contribution in [2.45, 2.75) is 0 Å². The van der Waals surface area contributed by atoms with Crippen molar-refractivity contribution in [2.75, 3.05) is 0 Å². The number of hydrogen-bond donors (Lipinski definition) is 2. The molecule has 41 heavy (non-hydrogen) atoms. The average Bonchev–Trinajstić information content (AvgIpc) is 3.56. The Kier molecular flexibility index (Phi) is 5.35. The Morgan fingerprint density at radius 3 is 1.73 bits per heavy atom. The van der Waals surface area contributed by atoms with E-state index in [0.717, 1.165) is 38.6 Å². The van der Waals surface area contributed by atoms with E-state index in [1.807, 2.05) is 24.3 Å². The number of para-hydroxylation sites is 1. The molecular weight excluding hydrogens is 505 g/mol. The van der Waals surface area contributed by atoms with Crippen LogP contribution >= 0.6 is 0 Å². The second kappa shape index (κ2) is 9.24. The van der Waals surface area contributed by atoms with Crippen molar-refractivity contribution >= 4 is 56.3 Å². The molecular formula is C36H24BNO3. The normalized spacial score (nSPS) is 11.7. The van der Waals surface area contributed by atoms with Gasteiger partial charge in [0, 0.05) is 27.2 Å². The second-order valence-corrected chi connectivity index (χ2v) is 10.4. The largest absolute Gasteiger partial charge is 0.489 e. The highest BCUT2D eigenvalue weighted by Gasteiger charge is 2.20. The van der Waals surface area contributed by atoms with Crippen molar-refractivity contribution in [1.29, 1.82) is 0 Å². The van der Waals surface area contributed by atoms with Crippen molar-refractivity contribution in [1.82, 2.24) is 4.57 Å². The molecule has 2 N–H and O–H groups in total. The summed E-state index contributed by atoms with van der Waals surface area (Å²) in [7, 11) is -1.58. The topological polar surface area (TPSA) is 58.5 Å². The Labute approximate surface area is 236 Å². The van der Waals surface area contributed by atoms with Crippen LogP contribution in [-0.4, -0.2) is 21.7 Å². The van der Waals surface area contributed by atoms with Crippen LogP contribution in [-0.2, 0) is 0 Å². The number of aromatic nitrogens is 1. The number of furan rings is 1. The van der Waals surface area contributed by atoms with E-state index in [-0.39, 0.29) is 0 Å². The number of hydrogen-bond acceptors (Lipinski definition) is 3. The van der Waals surface area contributed by atoms with E-state index in [9.17, 15) is 10.0 Å². The van der Waals surface area contributed by atoms with E-state index < -0.39 is 7.12 Å². The maximum atomic E-state index is 10.0. The molecule has 2 aromatic heterocycles. The zero-order valence-corrected chi connectivity index (χ0v) is 22.0. The molecule has 0 aliphatic heterocycles. The van der Waals surface area contributed by atoms with E-state index in [1.165, 1.54) is 21.9 Å². The Morgan fingerprint density at radius 2 is 1.07 bits per heavy atom. The third kappa shape index (κ3) is 3.79.